The quantitative estimate of drug-likeness (QED) is 0.728. The number of rotatable bonds is 3. The molecule has 1 amide bonds. The van der Waals surface area contributed by atoms with Gasteiger partial charge in [-0.05, 0) is 42.5 Å². The molecule has 1 heterocycles. The average Bonchev–Trinajstić information content (AvgIpc) is 2.46. The van der Waals surface area contributed by atoms with Gasteiger partial charge in [-0.25, -0.2) is 0 Å². The highest BCUT2D eigenvalue weighted by Gasteiger charge is 2.13. The molecule has 0 spiro atoms. The maximum atomic E-state index is 11.5. The fraction of sp³-hybridized carbons (Fsp3) is 0.444. The fourth-order valence-electron chi connectivity index (χ4n) is 0.902. The molecular weight excluding hydrogens is 328 g/mol. The number of hydrogen-bond donors (Lipinski definition) is 3. The molecule has 0 aliphatic rings. The van der Waals surface area contributed by atoms with Crippen molar-refractivity contribution in [1.29, 1.82) is 0 Å². The van der Waals surface area contributed by atoms with E-state index >= 15 is 0 Å². The first-order chi connectivity index (χ1) is 6.38. The summed E-state index contributed by atoms with van der Waals surface area (Å²) in [6.07, 6.45) is 1.78. The van der Waals surface area contributed by atoms with Crippen molar-refractivity contribution >= 4 is 40.9 Å². The van der Waals surface area contributed by atoms with Gasteiger partial charge in [-0.3, -0.25) is 4.79 Å². The van der Waals surface area contributed by atoms with Crippen molar-refractivity contribution in [3.8, 4) is 0 Å². The third kappa shape index (κ3) is 5.39. The molecular formula is C9H15ClIN3O. The number of carbonyl (C=O) groups excluding carboxylic acids is 1. The smallest absolute Gasteiger partial charge is 0.267 e. The minimum atomic E-state index is -0.380. The first-order valence-corrected chi connectivity index (χ1v) is 5.37. The Bertz CT molecular complexity index is 332. The minimum absolute atomic E-state index is 0. The Morgan fingerprint density at radius 1 is 1.67 bits per heavy atom. The van der Waals surface area contributed by atoms with Crippen molar-refractivity contribution in [2.24, 2.45) is 5.73 Å². The Kier molecular flexibility index (Phi) is 5.61. The molecule has 6 heteroatoms. The summed E-state index contributed by atoms with van der Waals surface area (Å²) in [5, 5.41) is 2.75. The summed E-state index contributed by atoms with van der Waals surface area (Å²) in [6.45, 7) is 4.19. The lowest BCUT2D eigenvalue weighted by molar-refractivity contribution is 0.0941. The van der Waals surface area contributed by atoms with Gasteiger partial charge < -0.3 is 16.0 Å². The van der Waals surface area contributed by atoms with E-state index in [1.165, 1.54) is 0 Å². The van der Waals surface area contributed by atoms with Crippen LogP contribution in [0.2, 0.25) is 0 Å². The van der Waals surface area contributed by atoms with E-state index < -0.39 is 0 Å². The Morgan fingerprint density at radius 2 is 2.27 bits per heavy atom. The standard InChI is InChI=1S/C9H14IN3O.ClH/c1-9(2,11)5-13-8(14)7-3-6(10)4-12-7;/h3-4,12H,5,11H2,1-2H3,(H,13,14);1H. The largest absolute Gasteiger partial charge is 0.356 e. The molecule has 0 saturated carbocycles. The highest BCUT2D eigenvalue weighted by Crippen LogP contribution is 2.06. The molecule has 0 aliphatic carbocycles. The maximum absolute atomic E-state index is 11.5. The SMILES string of the molecule is CC(C)(N)CNC(=O)c1cc(I)c[nH]1.Cl. The lowest BCUT2D eigenvalue weighted by Gasteiger charge is -2.18. The Morgan fingerprint density at radius 3 is 2.67 bits per heavy atom. The van der Waals surface area contributed by atoms with E-state index in [0.29, 0.717) is 12.2 Å². The second kappa shape index (κ2) is 5.72. The molecule has 86 valence electrons. The van der Waals surface area contributed by atoms with E-state index in [2.05, 4.69) is 32.9 Å². The molecule has 0 fully saturated rings. The number of nitrogens with one attached hydrogen (secondary N) is 2. The number of H-pyrrole nitrogens is 1. The number of nitrogens with two attached hydrogens (primary N) is 1. The van der Waals surface area contributed by atoms with Crippen molar-refractivity contribution < 1.29 is 4.79 Å². The van der Waals surface area contributed by atoms with Gasteiger partial charge in [0.05, 0.1) is 0 Å². The number of aromatic nitrogens is 1. The molecule has 15 heavy (non-hydrogen) atoms. The number of halogens is 2. The van der Waals surface area contributed by atoms with Gasteiger partial charge >= 0.3 is 0 Å². The Hall–Kier alpha value is -0.270. The summed E-state index contributed by atoms with van der Waals surface area (Å²) >= 11 is 2.14. The lowest BCUT2D eigenvalue weighted by atomic mass is 10.1. The van der Waals surface area contributed by atoms with E-state index in [-0.39, 0.29) is 23.9 Å². The van der Waals surface area contributed by atoms with Crippen molar-refractivity contribution in [2.75, 3.05) is 6.54 Å². The van der Waals surface area contributed by atoms with Crippen LogP contribution in [0, 0.1) is 3.57 Å². The van der Waals surface area contributed by atoms with E-state index in [1.54, 1.807) is 12.3 Å². The zero-order valence-electron chi connectivity index (χ0n) is 8.63. The third-order valence-electron chi connectivity index (χ3n) is 1.60. The normalized spacial score (nSPS) is 10.7. The Labute approximate surface area is 109 Å². The van der Waals surface area contributed by atoms with Crippen LogP contribution >= 0.6 is 35.0 Å². The predicted molar refractivity (Wildman–Crippen MR) is 71.4 cm³/mol. The number of amides is 1. The van der Waals surface area contributed by atoms with Crippen molar-refractivity contribution in [3.05, 3.63) is 21.5 Å². The molecule has 1 rings (SSSR count). The molecule has 4 nitrogen and oxygen atoms in total. The van der Waals surface area contributed by atoms with Crippen molar-refractivity contribution in [1.82, 2.24) is 10.3 Å². The molecule has 0 bridgehead atoms. The predicted octanol–water partition coefficient (Wildman–Crippen LogP) is 1.51. The monoisotopic (exact) mass is 343 g/mol. The first kappa shape index (κ1) is 14.7. The highest BCUT2D eigenvalue weighted by atomic mass is 127. The maximum Gasteiger partial charge on any atom is 0.267 e. The van der Waals surface area contributed by atoms with Crippen LogP contribution in [0.3, 0.4) is 0 Å². The zero-order valence-corrected chi connectivity index (χ0v) is 11.6. The molecule has 4 N–H and O–H groups in total. The van der Waals surface area contributed by atoms with Gasteiger partial charge in [-0.2, -0.15) is 0 Å². The van der Waals surface area contributed by atoms with E-state index in [4.69, 9.17) is 5.73 Å². The van der Waals surface area contributed by atoms with Crippen molar-refractivity contribution in [3.63, 3.8) is 0 Å². The molecule has 0 unspecified atom stereocenters. The summed E-state index contributed by atoms with van der Waals surface area (Å²) in [7, 11) is 0. The van der Waals surface area contributed by atoms with Gasteiger partial charge in [0.25, 0.3) is 5.91 Å². The van der Waals surface area contributed by atoms with Gasteiger partial charge in [0.2, 0.25) is 0 Å². The van der Waals surface area contributed by atoms with E-state index in [1.807, 2.05) is 13.8 Å². The first-order valence-electron chi connectivity index (χ1n) is 4.29. The van der Waals surface area contributed by atoms with Crippen molar-refractivity contribution in [2.45, 2.75) is 19.4 Å². The molecule has 1 aromatic rings. The second-order valence-corrected chi connectivity index (χ2v) is 5.15. The topological polar surface area (TPSA) is 70.9 Å². The molecule has 0 atom stereocenters. The van der Waals surface area contributed by atoms with E-state index in [9.17, 15) is 4.79 Å². The van der Waals surface area contributed by atoms with E-state index in [0.717, 1.165) is 3.57 Å². The number of carbonyl (C=O) groups is 1. The summed E-state index contributed by atoms with van der Waals surface area (Å²) in [5.41, 5.74) is 5.93. The van der Waals surface area contributed by atoms with Crippen LogP contribution in [-0.4, -0.2) is 23.0 Å². The van der Waals surface area contributed by atoms with Gasteiger partial charge in [0.15, 0.2) is 0 Å². The van der Waals surface area contributed by atoms with Gasteiger partial charge in [-0.1, -0.05) is 0 Å². The number of aromatic amines is 1. The van der Waals surface area contributed by atoms with Crippen LogP contribution in [0.15, 0.2) is 12.3 Å². The van der Waals surface area contributed by atoms with Crippen LogP contribution in [0.5, 0.6) is 0 Å². The molecule has 0 aliphatic heterocycles. The molecule has 0 aromatic carbocycles. The van der Waals surface area contributed by atoms with Crippen LogP contribution in [0.1, 0.15) is 24.3 Å². The van der Waals surface area contributed by atoms with Crippen LogP contribution in [-0.2, 0) is 0 Å². The Balaban J connectivity index is 0.00000196. The summed E-state index contributed by atoms with van der Waals surface area (Å²) < 4.78 is 1.01. The molecule has 1 aromatic heterocycles. The van der Waals surface area contributed by atoms with Gasteiger partial charge in [0, 0.05) is 21.9 Å². The van der Waals surface area contributed by atoms with Crippen LogP contribution in [0.4, 0.5) is 0 Å². The second-order valence-electron chi connectivity index (χ2n) is 3.90. The van der Waals surface area contributed by atoms with Gasteiger partial charge in [-0.15, -0.1) is 12.4 Å². The number of hydrogen-bond acceptors (Lipinski definition) is 2. The molecule has 0 saturated heterocycles. The average molecular weight is 344 g/mol. The lowest BCUT2D eigenvalue weighted by Crippen LogP contribution is -2.45. The molecule has 0 radical (unpaired) electrons. The van der Waals surface area contributed by atoms with Crippen LogP contribution < -0.4 is 11.1 Å². The van der Waals surface area contributed by atoms with Crippen LogP contribution in [0.25, 0.3) is 0 Å². The highest BCUT2D eigenvalue weighted by molar-refractivity contribution is 14.1. The summed E-state index contributed by atoms with van der Waals surface area (Å²) in [4.78, 5) is 14.4. The zero-order chi connectivity index (χ0) is 10.8. The fourth-order valence-corrected chi connectivity index (χ4v) is 1.37. The summed E-state index contributed by atoms with van der Waals surface area (Å²) in [5.74, 6) is -0.119. The summed E-state index contributed by atoms with van der Waals surface area (Å²) in [6, 6.07) is 1.79. The third-order valence-corrected chi connectivity index (χ3v) is 2.22. The minimum Gasteiger partial charge on any atom is -0.356 e. The van der Waals surface area contributed by atoms with Gasteiger partial charge in [0.1, 0.15) is 5.69 Å².